The summed E-state index contributed by atoms with van der Waals surface area (Å²) in [5.41, 5.74) is 0. The van der Waals surface area contributed by atoms with Crippen LogP contribution in [0.15, 0.2) is 0 Å². The summed E-state index contributed by atoms with van der Waals surface area (Å²) >= 11 is 0. The SMILES string of the molecule is CCCCOC(OCCCC)[C@H](CC)CCCC. The molecule has 0 aromatic carbocycles. The van der Waals surface area contributed by atoms with Gasteiger partial charge in [-0.15, -0.1) is 0 Å². The van der Waals surface area contributed by atoms with Crippen LogP contribution >= 0.6 is 0 Å². The van der Waals surface area contributed by atoms with Gasteiger partial charge in [0.05, 0.1) is 0 Å². The minimum Gasteiger partial charge on any atom is -0.352 e. The average Bonchev–Trinajstić information content (AvgIpc) is 2.39. The highest BCUT2D eigenvalue weighted by molar-refractivity contribution is 4.62. The zero-order valence-corrected chi connectivity index (χ0v) is 13.0. The Morgan fingerprint density at radius 1 is 0.722 bits per heavy atom. The monoisotopic (exact) mass is 258 g/mol. The van der Waals surface area contributed by atoms with Crippen LogP contribution in [0.5, 0.6) is 0 Å². The summed E-state index contributed by atoms with van der Waals surface area (Å²) in [6.45, 7) is 10.6. The first-order chi connectivity index (χ1) is 8.79. The smallest absolute Gasteiger partial charge is 0.160 e. The zero-order chi connectivity index (χ0) is 13.6. The van der Waals surface area contributed by atoms with Crippen LogP contribution in [0.25, 0.3) is 0 Å². The van der Waals surface area contributed by atoms with Gasteiger partial charge in [0.2, 0.25) is 0 Å². The van der Waals surface area contributed by atoms with E-state index in [2.05, 4.69) is 27.7 Å². The highest BCUT2D eigenvalue weighted by Crippen LogP contribution is 2.21. The summed E-state index contributed by atoms with van der Waals surface area (Å²) in [6, 6.07) is 0. The number of rotatable bonds is 13. The lowest BCUT2D eigenvalue weighted by atomic mass is 9.98. The van der Waals surface area contributed by atoms with Gasteiger partial charge in [-0.05, 0) is 25.7 Å². The van der Waals surface area contributed by atoms with Crippen molar-refractivity contribution in [3.8, 4) is 0 Å². The van der Waals surface area contributed by atoms with E-state index < -0.39 is 0 Å². The van der Waals surface area contributed by atoms with E-state index in [9.17, 15) is 0 Å². The number of hydrogen-bond acceptors (Lipinski definition) is 2. The number of hydrogen-bond donors (Lipinski definition) is 0. The molecule has 2 nitrogen and oxygen atoms in total. The molecular formula is C16H34O2. The molecule has 0 aliphatic carbocycles. The van der Waals surface area contributed by atoms with E-state index in [4.69, 9.17) is 9.47 Å². The molecule has 0 bridgehead atoms. The van der Waals surface area contributed by atoms with E-state index in [1.165, 1.54) is 32.1 Å². The molecule has 0 fully saturated rings. The van der Waals surface area contributed by atoms with Crippen molar-refractivity contribution in [3.05, 3.63) is 0 Å². The third-order valence-electron chi connectivity index (χ3n) is 3.40. The van der Waals surface area contributed by atoms with Crippen molar-refractivity contribution in [1.29, 1.82) is 0 Å². The summed E-state index contributed by atoms with van der Waals surface area (Å²) in [4.78, 5) is 0. The van der Waals surface area contributed by atoms with Crippen molar-refractivity contribution in [3.63, 3.8) is 0 Å². The minimum atomic E-state index is 0.0275. The van der Waals surface area contributed by atoms with Crippen LogP contribution < -0.4 is 0 Å². The first kappa shape index (κ1) is 17.9. The van der Waals surface area contributed by atoms with E-state index in [-0.39, 0.29) is 6.29 Å². The molecule has 110 valence electrons. The first-order valence-electron chi connectivity index (χ1n) is 8.03. The second kappa shape index (κ2) is 13.4. The lowest BCUT2D eigenvalue weighted by molar-refractivity contribution is -0.175. The first-order valence-corrected chi connectivity index (χ1v) is 8.03. The van der Waals surface area contributed by atoms with Gasteiger partial charge in [-0.1, -0.05) is 53.4 Å². The Balaban J connectivity index is 4.11. The Kier molecular flexibility index (Phi) is 13.3. The van der Waals surface area contributed by atoms with E-state index >= 15 is 0 Å². The number of unbranched alkanes of at least 4 members (excludes halogenated alkanes) is 3. The van der Waals surface area contributed by atoms with Crippen LogP contribution in [0.1, 0.15) is 79.1 Å². The summed E-state index contributed by atoms with van der Waals surface area (Å²) in [7, 11) is 0. The predicted molar refractivity (Wildman–Crippen MR) is 78.8 cm³/mol. The highest BCUT2D eigenvalue weighted by Gasteiger charge is 2.20. The topological polar surface area (TPSA) is 18.5 Å². The molecule has 0 radical (unpaired) electrons. The highest BCUT2D eigenvalue weighted by atomic mass is 16.7. The van der Waals surface area contributed by atoms with Gasteiger partial charge in [0.25, 0.3) is 0 Å². The van der Waals surface area contributed by atoms with Crippen molar-refractivity contribution in [2.75, 3.05) is 13.2 Å². The van der Waals surface area contributed by atoms with Crippen LogP contribution in [0.4, 0.5) is 0 Å². The van der Waals surface area contributed by atoms with Gasteiger partial charge in [0, 0.05) is 19.1 Å². The Morgan fingerprint density at radius 2 is 1.22 bits per heavy atom. The maximum absolute atomic E-state index is 5.96. The summed E-state index contributed by atoms with van der Waals surface area (Å²) in [6.07, 6.45) is 9.60. The number of ether oxygens (including phenoxy) is 2. The fourth-order valence-electron chi connectivity index (χ4n) is 2.01. The average molecular weight is 258 g/mol. The predicted octanol–water partition coefficient (Wildman–Crippen LogP) is 5.16. The molecule has 0 aliphatic rings. The molecule has 0 unspecified atom stereocenters. The third-order valence-corrected chi connectivity index (χ3v) is 3.40. The molecule has 0 N–H and O–H groups in total. The zero-order valence-electron chi connectivity index (χ0n) is 13.0. The van der Waals surface area contributed by atoms with Crippen LogP contribution in [-0.2, 0) is 9.47 Å². The molecule has 0 aliphatic heterocycles. The third kappa shape index (κ3) is 8.93. The molecule has 0 aromatic heterocycles. The Labute approximate surface area is 114 Å². The summed E-state index contributed by atoms with van der Waals surface area (Å²) in [5.74, 6) is 0.568. The maximum atomic E-state index is 5.96. The molecule has 0 saturated carbocycles. The molecule has 1 atom stereocenters. The lowest BCUT2D eigenvalue weighted by Gasteiger charge is -2.26. The fraction of sp³-hybridized carbons (Fsp3) is 1.00. The van der Waals surface area contributed by atoms with Crippen LogP contribution in [0.3, 0.4) is 0 Å². The lowest BCUT2D eigenvalue weighted by Crippen LogP contribution is -2.28. The minimum absolute atomic E-state index is 0.0275. The van der Waals surface area contributed by atoms with Gasteiger partial charge in [-0.25, -0.2) is 0 Å². The molecule has 0 rings (SSSR count). The summed E-state index contributed by atoms with van der Waals surface area (Å²) in [5, 5.41) is 0. The van der Waals surface area contributed by atoms with Gasteiger partial charge in [-0.3, -0.25) is 0 Å². The molecule has 18 heavy (non-hydrogen) atoms. The Hall–Kier alpha value is -0.0800. The van der Waals surface area contributed by atoms with Crippen LogP contribution in [0.2, 0.25) is 0 Å². The maximum Gasteiger partial charge on any atom is 0.160 e. The standard InChI is InChI=1S/C16H34O2/c1-5-9-12-15(8-4)16(17-13-10-6-2)18-14-11-7-3/h15-16H,5-14H2,1-4H3/t15-/m1/s1. The second-order valence-corrected chi connectivity index (χ2v) is 5.13. The van der Waals surface area contributed by atoms with Gasteiger partial charge in [0.15, 0.2) is 6.29 Å². The second-order valence-electron chi connectivity index (χ2n) is 5.13. The molecule has 0 heterocycles. The van der Waals surface area contributed by atoms with Crippen molar-refractivity contribution in [1.82, 2.24) is 0 Å². The van der Waals surface area contributed by atoms with Crippen molar-refractivity contribution < 1.29 is 9.47 Å². The Morgan fingerprint density at radius 3 is 1.61 bits per heavy atom. The molecule has 2 heteroatoms. The van der Waals surface area contributed by atoms with E-state index in [1.54, 1.807) is 0 Å². The van der Waals surface area contributed by atoms with E-state index in [1.807, 2.05) is 0 Å². The molecule has 0 spiro atoms. The quantitative estimate of drug-likeness (QED) is 0.335. The normalized spacial score (nSPS) is 13.2. The largest absolute Gasteiger partial charge is 0.352 e. The molecular weight excluding hydrogens is 224 g/mol. The van der Waals surface area contributed by atoms with Gasteiger partial charge >= 0.3 is 0 Å². The Bertz CT molecular complexity index is 149. The van der Waals surface area contributed by atoms with E-state index in [0.29, 0.717) is 5.92 Å². The molecule has 0 aromatic rings. The summed E-state index contributed by atoms with van der Waals surface area (Å²) < 4.78 is 11.9. The molecule has 0 amide bonds. The molecule has 0 saturated heterocycles. The van der Waals surface area contributed by atoms with E-state index in [0.717, 1.165) is 32.5 Å². The van der Waals surface area contributed by atoms with Gasteiger partial charge in [-0.2, -0.15) is 0 Å². The fourth-order valence-corrected chi connectivity index (χ4v) is 2.01. The van der Waals surface area contributed by atoms with Crippen molar-refractivity contribution in [2.24, 2.45) is 5.92 Å². The van der Waals surface area contributed by atoms with Crippen molar-refractivity contribution >= 4 is 0 Å². The van der Waals surface area contributed by atoms with Crippen molar-refractivity contribution in [2.45, 2.75) is 85.4 Å². The van der Waals surface area contributed by atoms with Crippen LogP contribution in [0, 0.1) is 5.92 Å². The van der Waals surface area contributed by atoms with Crippen LogP contribution in [-0.4, -0.2) is 19.5 Å². The van der Waals surface area contributed by atoms with Gasteiger partial charge < -0.3 is 9.47 Å². The van der Waals surface area contributed by atoms with Gasteiger partial charge in [0.1, 0.15) is 0 Å².